The van der Waals surface area contributed by atoms with E-state index in [4.69, 9.17) is 19.7 Å². The first-order valence-electron chi connectivity index (χ1n) is 16.0. The number of nitrogens with one attached hydrogen (secondary N) is 3. The van der Waals surface area contributed by atoms with Crippen LogP contribution in [0.25, 0.3) is 21.8 Å². The van der Waals surface area contributed by atoms with Crippen LogP contribution in [-0.2, 0) is 23.8 Å². The van der Waals surface area contributed by atoms with Crippen molar-refractivity contribution in [1.82, 2.24) is 9.97 Å². The highest BCUT2D eigenvalue weighted by atomic mass is 19.4. The van der Waals surface area contributed by atoms with Crippen LogP contribution in [0.4, 0.5) is 34.1 Å². The number of fused-ring (bicyclic) bond motifs is 2. The molecule has 5 N–H and O–H groups in total. The van der Waals surface area contributed by atoms with Crippen LogP contribution in [0.2, 0.25) is 0 Å². The zero-order valence-corrected chi connectivity index (χ0v) is 28.9. The molecule has 0 aliphatic carbocycles. The van der Waals surface area contributed by atoms with Gasteiger partial charge in [-0.2, -0.15) is 13.2 Å². The first-order chi connectivity index (χ1) is 23.4. The SMILES string of the molecule is CC(C)(C)OC(=O)N(c1c[nH]c2ccc(CCOc3ccc(C(F)(F)F)cc3)cc12)C(C)(C)C.O=C(O)Nc1c[nH]c2ccc(CCO)cc12. The lowest BCUT2D eigenvalue weighted by Crippen LogP contribution is -2.48. The van der Waals surface area contributed by atoms with E-state index in [0.717, 1.165) is 45.1 Å². The van der Waals surface area contributed by atoms with Gasteiger partial charge in [0, 0.05) is 52.8 Å². The maximum Gasteiger partial charge on any atom is 0.416 e. The fourth-order valence-corrected chi connectivity index (χ4v) is 5.23. The van der Waals surface area contributed by atoms with Crippen LogP contribution >= 0.6 is 0 Å². The predicted molar refractivity (Wildman–Crippen MR) is 188 cm³/mol. The molecular formula is C37H43F3N4O6. The number of aliphatic hydroxyl groups is 1. The molecule has 10 nitrogen and oxygen atoms in total. The molecule has 0 aliphatic rings. The number of nitrogens with zero attached hydrogens (tertiary/aromatic N) is 1. The van der Waals surface area contributed by atoms with Crippen LogP contribution in [0.5, 0.6) is 5.75 Å². The maximum atomic E-state index is 13.0. The number of halogens is 3. The smallest absolute Gasteiger partial charge is 0.416 e. The van der Waals surface area contributed by atoms with Crippen LogP contribution in [0.3, 0.4) is 0 Å². The van der Waals surface area contributed by atoms with Crippen LogP contribution in [-0.4, -0.2) is 56.7 Å². The first kappa shape index (κ1) is 37.6. The molecule has 0 aliphatic heterocycles. The van der Waals surface area contributed by atoms with Gasteiger partial charge in [-0.25, -0.2) is 9.59 Å². The number of H-pyrrole nitrogens is 2. The second kappa shape index (κ2) is 15.2. The number of hydrogen-bond donors (Lipinski definition) is 5. The minimum absolute atomic E-state index is 0.0810. The van der Waals surface area contributed by atoms with Crippen LogP contribution in [0.1, 0.15) is 58.2 Å². The number of carbonyl (C=O) groups excluding carboxylic acids is 1. The number of alkyl halides is 3. The fraction of sp³-hybridized carbons (Fsp3) is 0.351. The van der Waals surface area contributed by atoms with Crippen LogP contribution in [0, 0.1) is 0 Å². The summed E-state index contributed by atoms with van der Waals surface area (Å²) in [6.07, 6.45) is -1.38. The molecule has 0 unspecified atom stereocenters. The Morgan fingerprint density at radius 2 is 1.40 bits per heavy atom. The summed E-state index contributed by atoms with van der Waals surface area (Å²) < 4.78 is 49.4. The largest absolute Gasteiger partial charge is 0.493 e. The van der Waals surface area contributed by atoms with Gasteiger partial charge in [0.2, 0.25) is 0 Å². The topological polar surface area (TPSA) is 140 Å². The highest BCUT2D eigenvalue weighted by Crippen LogP contribution is 2.34. The van der Waals surface area contributed by atoms with E-state index >= 15 is 0 Å². The number of carbonyl (C=O) groups is 2. The van der Waals surface area contributed by atoms with E-state index in [9.17, 15) is 22.8 Å². The van der Waals surface area contributed by atoms with Crippen molar-refractivity contribution in [3.63, 3.8) is 0 Å². The van der Waals surface area contributed by atoms with Crippen molar-refractivity contribution in [2.45, 2.75) is 71.7 Å². The number of ether oxygens (including phenoxy) is 2. The summed E-state index contributed by atoms with van der Waals surface area (Å²) in [6.45, 7) is 11.7. The molecule has 2 amide bonds. The second-order valence-corrected chi connectivity index (χ2v) is 13.6. The summed E-state index contributed by atoms with van der Waals surface area (Å²) in [6, 6.07) is 16.2. The summed E-state index contributed by atoms with van der Waals surface area (Å²) >= 11 is 0. The van der Waals surface area contributed by atoms with Crippen LogP contribution < -0.4 is 15.0 Å². The van der Waals surface area contributed by atoms with Crippen molar-refractivity contribution >= 4 is 45.4 Å². The number of amides is 2. The molecule has 2 heterocycles. The third-order valence-corrected chi connectivity index (χ3v) is 7.44. The average Bonchev–Trinajstić information content (AvgIpc) is 3.59. The van der Waals surface area contributed by atoms with Gasteiger partial charge in [0.15, 0.2) is 0 Å². The van der Waals surface area contributed by atoms with E-state index in [2.05, 4.69) is 15.3 Å². The summed E-state index contributed by atoms with van der Waals surface area (Å²) in [5, 5.41) is 21.5. The Kier molecular flexibility index (Phi) is 11.4. The van der Waals surface area contributed by atoms with Gasteiger partial charge in [-0.15, -0.1) is 0 Å². The van der Waals surface area contributed by atoms with E-state index in [1.165, 1.54) is 12.1 Å². The highest BCUT2D eigenvalue weighted by molar-refractivity contribution is 6.02. The summed E-state index contributed by atoms with van der Waals surface area (Å²) in [5.74, 6) is 0.375. The first-order valence-corrected chi connectivity index (χ1v) is 16.0. The van der Waals surface area contributed by atoms with Gasteiger partial charge in [-0.3, -0.25) is 10.2 Å². The molecule has 3 aromatic carbocycles. The molecule has 5 rings (SSSR count). The Hall–Kier alpha value is -5.17. The molecule has 13 heteroatoms. The monoisotopic (exact) mass is 696 g/mol. The normalized spacial score (nSPS) is 12.0. The number of aromatic amines is 2. The van der Waals surface area contributed by atoms with Crippen molar-refractivity contribution in [3.05, 3.63) is 89.7 Å². The van der Waals surface area contributed by atoms with Crippen LogP contribution in [0.15, 0.2) is 73.1 Å². The predicted octanol–water partition coefficient (Wildman–Crippen LogP) is 9.14. The number of aromatic nitrogens is 2. The molecule has 0 spiro atoms. The minimum atomic E-state index is -4.37. The van der Waals surface area contributed by atoms with Gasteiger partial charge in [0.25, 0.3) is 0 Å². The molecule has 5 aromatic rings. The lowest BCUT2D eigenvalue weighted by Gasteiger charge is -2.36. The molecule has 0 saturated carbocycles. The fourth-order valence-electron chi connectivity index (χ4n) is 5.23. The number of aliphatic hydroxyl groups excluding tert-OH is 1. The third-order valence-electron chi connectivity index (χ3n) is 7.44. The molecule has 0 fully saturated rings. The number of rotatable bonds is 8. The van der Waals surface area contributed by atoms with Gasteiger partial charge in [-0.05, 0) is 108 Å². The Balaban J connectivity index is 0.000000291. The number of carboxylic acid groups (broad SMARTS) is 1. The summed E-state index contributed by atoms with van der Waals surface area (Å²) in [4.78, 5) is 31.4. The van der Waals surface area contributed by atoms with Gasteiger partial charge < -0.3 is 29.7 Å². The van der Waals surface area contributed by atoms with E-state index in [1.54, 1.807) is 17.3 Å². The molecule has 0 bridgehead atoms. The Morgan fingerprint density at radius 3 is 1.96 bits per heavy atom. The van der Waals surface area contributed by atoms with Crippen molar-refractivity contribution in [3.8, 4) is 5.75 Å². The van der Waals surface area contributed by atoms with Crippen molar-refractivity contribution in [2.24, 2.45) is 0 Å². The van der Waals surface area contributed by atoms with E-state index in [-0.39, 0.29) is 6.61 Å². The number of hydrogen-bond acceptors (Lipinski definition) is 5. The van der Waals surface area contributed by atoms with Gasteiger partial charge in [0.05, 0.1) is 23.5 Å². The van der Waals surface area contributed by atoms with Crippen molar-refractivity contribution in [2.75, 3.05) is 23.4 Å². The standard InChI is InChI=1S/C26H31F3N2O3.C11H12N2O3/c1-24(2,3)31(23(32)34-25(4,5)6)22-16-30-21-12-7-17(15-20(21)22)13-14-33-19-10-8-18(9-11-19)26(27,28)29;14-4-3-7-1-2-9-8(5-7)10(6-12-9)13-11(15)16/h7-12,15-16,30H,13-14H2,1-6H3;1-2,5-6,12-14H,3-4H2,(H,15,16). The Labute approximate surface area is 288 Å². The molecule has 0 saturated heterocycles. The van der Waals surface area contributed by atoms with Crippen molar-refractivity contribution in [1.29, 1.82) is 0 Å². The summed E-state index contributed by atoms with van der Waals surface area (Å²) in [7, 11) is 0. The molecule has 0 radical (unpaired) electrons. The van der Waals surface area contributed by atoms with Gasteiger partial charge in [0.1, 0.15) is 11.4 Å². The van der Waals surface area contributed by atoms with Gasteiger partial charge in [-0.1, -0.05) is 12.1 Å². The van der Waals surface area contributed by atoms with E-state index in [0.29, 0.717) is 36.6 Å². The zero-order valence-electron chi connectivity index (χ0n) is 28.9. The maximum absolute atomic E-state index is 13.0. The van der Waals surface area contributed by atoms with E-state index < -0.39 is 35.1 Å². The average molecular weight is 697 g/mol. The lowest BCUT2D eigenvalue weighted by atomic mass is 10.0. The Morgan fingerprint density at radius 1 is 0.820 bits per heavy atom. The summed E-state index contributed by atoms with van der Waals surface area (Å²) in [5.41, 5.74) is 3.06. The highest BCUT2D eigenvalue weighted by Gasteiger charge is 2.34. The third kappa shape index (κ3) is 9.94. The van der Waals surface area contributed by atoms with Gasteiger partial charge >= 0.3 is 18.4 Å². The molecular weight excluding hydrogens is 653 g/mol. The number of anilines is 2. The molecule has 268 valence electrons. The number of benzene rings is 3. The van der Waals surface area contributed by atoms with Crippen molar-refractivity contribution < 1.29 is 42.4 Å². The second-order valence-electron chi connectivity index (χ2n) is 13.6. The Bertz CT molecular complexity index is 1920. The van der Waals surface area contributed by atoms with E-state index in [1.807, 2.05) is 77.9 Å². The molecule has 2 aromatic heterocycles. The molecule has 50 heavy (non-hydrogen) atoms. The molecule has 0 atom stereocenters. The zero-order chi connectivity index (χ0) is 36.9. The lowest BCUT2D eigenvalue weighted by molar-refractivity contribution is -0.137. The minimum Gasteiger partial charge on any atom is -0.493 e. The quantitative estimate of drug-likeness (QED) is 0.110.